The Labute approximate surface area is 187 Å². The molecule has 0 N–H and O–H groups in total. The third-order valence-corrected chi connectivity index (χ3v) is 6.02. The molecule has 7 nitrogen and oxygen atoms in total. The molecule has 0 atom stereocenters. The van der Waals surface area contributed by atoms with E-state index in [1.54, 1.807) is 57.8 Å². The van der Waals surface area contributed by atoms with Crippen molar-refractivity contribution in [3.63, 3.8) is 0 Å². The summed E-state index contributed by atoms with van der Waals surface area (Å²) in [5, 5.41) is 1.18. The van der Waals surface area contributed by atoms with Crippen molar-refractivity contribution in [3.8, 4) is 28.4 Å². The average Bonchev–Trinajstić information content (AvgIpc) is 3.18. The zero-order valence-electron chi connectivity index (χ0n) is 17.3. The van der Waals surface area contributed by atoms with Crippen molar-refractivity contribution in [2.75, 3.05) is 14.2 Å². The monoisotopic (exact) mass is 459 g/mol. The highest BCUT2D eigenvalue weighted by atomic mass is 35.5. The standard InChI is InChI=1S/C22H19Cl2N3O4/c1-25-16-11-27(13-6-7-14(23)15(24)10-13)20(19(16)21(28)26(2)22(25)29)12-5-8-17(30-3)18(9-12)31-4/h5-11H,1-4H3. The molecule has 0 bridgehead atoms. The Hall–Kier alpha value is -3.16. The highest BCUT2D eigenvalue weighted by Crippen LogP contribution is 2.37. The third-order valence-electron chi connectivity index (χ3n) is 5.28. The van der Waals surface area contributed by atoms with Gasteiger partial charge in [0.25, 0.3) is 5.56 Å². The van der Waals surface area contributed by atoms with Gasteiger partial charge in [-0.1, -0.05) is 23.2 Å². The first kappa shape index (κ1) is 21.1. The summed E-state index contributed by atoms with van der Waals surface area (Å²) >= 11 is 12.4. The number of rotatable bonds is 4. The van der Waals surface area contributed by atoms with Gasteiger partial charge in [-0.25, -0.2) is 4.79 Å². The number of halogens is 2. The van der Waals surface area contributed by atoms with Crippen LogP contribution in [0, 0.1) is 0 Å². The lowest BCUT2D eigenvalue weighted by molar-refractivity contribution is 0.355. The topological polar surface area (TPSA) is 67.4 Å². The molecule has 2 aromatic heterocycles. The van der Waals surface area contributed by atoms with Crippen LogP contribution in [0.5, 0.6) is 11.5 Å². The molecule has 2 aromatic carbocycles. The number of methoxy groups -OCH3 is 2. The van der Waals surface area contributed by atoms with E-state index in [1.807, 2.05) is 10.6 Å². The molecule has 9 heteroatoms. The quantitative estimate of drug-likeness (QED) is 0.462. The minimum absolute atomic E-state index is 0.372. The van der Waals surface area contributed by atoms with Crippen LogP contribution in [0.15, 0.2) is 52.2 Å². The van der Waals surface area contributed by atoms with Gasteiger partial charge < -0.3 is 14.0 Å². The first-order chi connectivity index (χ1) is 14.8. The maximum absolute atomic E-state index is 13.2. The first-order valence-electron chi connectivity index (χ1n) is 9.27. The van der Waals surface area contributed by atoms with E-state index in [0.717, 1.165) is 4.57 Å². The molecule has 0 aliphatic rings. The molecule has 0 saturated carbocycles. The molecular formula is C22H19Cl2N3O4. The molecule has 160 valence electrons. The fraction of sp³-hybridized carbons (Fsp3) is 0.182. The van der Waals surface area contributed by atoms with Crippen LogP contribution >= 0.6 is 23.2 Å². The summed E-state index contributed by atoms with van der Waals surface area (Å²) < 4.78 is 15.1. The Kier molecular flexibility index (Phi) is 5.33. The zero-order valence-corrected chi connectivity index (χ0v) is 18.8. The Morgan fingerprint density at radius 2 is 1.55 bits per heavy atom. The lowest BCUT2D eigenvalue weighted by atomic mass is 10.1. The summed E-state index contributed by atoms with van der Waals surface area (Å²) in [6.45, 7) is 0. The van der Waals surface area contributed by atoms with Gasteiger partial charge in [-0.3, -0.25) is 13.9 Å². The number of aryl methyl sites for hydroxylation is 1. The van der Waals surface area contributed by atoms with E-state index in [0.29, 0.717) is 49.4 Å². The summed E-state index contributed by atoms with van der Waals surface area (Å²) in [4.78, 5) is 25.7. The molecule has 0 radical (unpaired) electrons. The van der Waals surface area contributed by atoms with Crippen LogP contribution in [0.4, 0.5) is 0 Å². The minimum atomic E-state index is -0.414. The summed E-state index contributed by atoms with van der Waals surface area (Å²) in [6, 6.07) is 10.6. The Bertz CT molecular complexity index is 1450. The minimum Gasteiger partial charge on any atom is -0.493 e. The lowest BCUT2D eigenvalue weighted by Gasteiger charge is -2.13. The van der Waals surface area contributed by atoms with Crippen molar-refractivity contribution in [1.82, 2.24) is 13.7 Å². The van der Waals surface area contributed by atoms with Crippen molar-refractivity contribution in [2.45, 2.75) is 0 Å². The zero-order chi connectivity index (χ0) is 22.4. The molecule has 4 aromatic rings. The summed E-state index contributed by atoms with van der Waals surface area (Å²) in [7, 11) is 6.18. The summed E-state index contributed by atoms with van der Waals surface area (Å²) in [5.74, 6) is 1.07. The smallest absolute Gasteiger partial charge is 0.330 e. The molecule has 0 spiro atoms. The number of benzene rings is 2. The predicted octanol–water partition coefficient (Wildman–Crippen LogP) is 4.02. The molecule has 0 saturated heterocycles. The Morgan fingerprint density at radius 3 is 2.19 bits per heavy atom. The van der Waals surface area contributed by atoms with E-state index in [9.17, 15) is 9.59 Å². The second-order valence-electron chi connectivity index (χ2n) is 6.98. The van der Waals surface area contributed by atoms with Crippen LogP contribution in [-0.4, -0.2) is 27.9 Å². The van der Waals surface area contributed by atoms with Crippen molar-refractivity contribution in [3.05, 3.63) is 73.5 Å². The number of fused-ring (bicyclic) bond motifs is 1. The van der Waals surface area contributed by atoms with Gasteiger partial charge in [-0.05, 0) is 36.4 Å². The molecule has 31 heavy (non-hydrogen) atoms. The van der Waals surface area contributed by atoms with Crippen molar-refractivity contribution in [1.29, 1.82) is 0 Å². The lowest BCUT2D eigenvalue weighted by Crippen LogP contribution is -2.36. The third kappa shape index (κ3) is 3.30. The van der Waals surface area contributed by atoms with Crippen LogP contribution in [-0.2, 0) is 14.1 Å². The average molecular weight is 460 g/mol. The SMILES string of the molecule is COc1ccc(-c2c3c(=O)n(C)c(=O)n(C)c3cn2-c2ccc(Cl)c(Cl)c2)cc1OC. The number of hydrogen-bond acceptors (Lipinski definition) is 4. The second-order valence-corrected chi connectivity index (χ2v) is 7.80. The normalized spacial score (nSPS) is 11.2. The van der Waals surface area contributed by atoms with Crippen LogP contribution in [0.2, 0.25) is 10.0 Å². The molecule has 0 unspecified atom stereocenters. The van der Waals surface area contributed by atoms with Crippen molar-refractivity contribution < 1.29 is 9.47 Å². The first-order valence-corrected chi connectivity index (χ1v) is 10.0. The molecule has 0 aliphatic carbocycles. The van der Waals surface area contributed by atoms with E-state index < -0.39 is 11.2 Å². The molecule has 4 rings (SSSR count). The largest absolute Gasteiger partial charge is 0.493 e. The van der Waals surface area contributed by atoms with E-state index in [-0.39, 0.29) is 0 Å². The predicted molar refractivity (Wildman–Crippen MR) is 122 cm³/mol. The van der Waals surface area contributed by atoms with Crippen LogP contribution < -0.4 is 20.7 Å². The van der Waals surface area contributed by atoms with E-state index >= 15 is 0 Å². The van der Waals surface area contributed by atoms with Crippen molar-refractivity contribution in [2.24, 2.45) is 14.1 Å². The van der Waals surface area contributed by atoms with Crippen LogP contribution in [0.3, 0.4) is 0 Å². The molecule has 0 aliphatic heterocycles. The van der Waals surface area contributed by atoms with Crippen LogP contribution in [0.1, 0.15) is 0 Å². The molecule has 2 heterocycles. The number of hydrogen-bond donors (Lipinski definition) is 0. The molecule has 0 fully saturated rings. The maximum atomic E-state index is 13.2. The number of nitrogens with zero attached hydrogens (tertiary/aromatic N) is 3. The second kappa shape index (κ2) is 7.83. The fourth-order valence-corrected chi connectivity index (χ4v) is 3.94. The number of aromatic nitrogens is 3. The van der Waals surface area contributed by atoms with E-state index in [4.69, 9.17) is 32.7 Å². The molecule has 0 amide bonds. The van der Waals surface area contributed by atoms with E-state index in [2.05, 4.69) is 0 Å². The Balaban J connectivity index is 2.17. The highest BCUT2D eigenvalue weighted by molar-refractivity contribution is 6.42. The van der Waals surface area contributed by atoms with Crippen molar-refractivity contribution >= 4 is 34.1 Å². The van der Waals surface area contributed by atoms with Gasteiger partial charge in [0.1, 0.15) is 0 Å². The Morgan fingerprint density at radius 1 is 0.839 bits per heavy atom. The fourth-order valence-electron chi connectivity index (χ4n) is 3.65. The highest BCUT2D eigenvalue weighted by Gasteiger charge is 2.21. The number of ether oxygens (including phenoxy) is 2. The summed E-state index contributed by atoms with van der Waals surface area (Å²) in [5.41, 5.74) is 1.65. The van der Waals surface area contributed by atoms with E-state index in [1.165, 1.54) is 11.6 Å². The summed E-state index contributed by atoms with van der Waals surface area (Å²) in [6.07, 6.45) is 1.74. The van der Waals surface area contributed by atoms with Gasteiger partial charge in [0.2, 0.25) is 0 Å². The van der Waals surface area contributed by atoms with Gasteiger partial charge in [0, 0.05) is 31.5 Å². The van der Waals surface area contributed by atoms with Crippen LogP contribution in [0.25, 0.3) is 27.8 Å². The van der Waals surface area contributed by atoms with Gasteiger partial charge in [-0.2, -0.15) is 0 Å². The molecular weight excluding hydrogens is 441 g/mol. The maximum Gasteiger partial charge on any atom is 0.330 e. The van der Waals surface area contributed by atoms with Gasteiger partial charge in [0.05, 0.1) is 40.9 Å². The van der Waals surface area contributed by atoms with Gasteiger partial charge >= 0.3 is 5.69 Å². The van der Waals surface area contributed by atoms with Gasteiger partial charge in [0.15, 0.2) is 11.5 Å². The van der Waals surface area contributed by atoms with Gasteiger partial charge in [-0.15, -0.1) is 0 Å².